The van der Waals surface area contributed by atoms with E-state index in [9.17, 15) is 13.2 Å². The van der Waals surface area contributed by atoms with E-state index in [1.54, 1.807) is 0 Å². The van der Waals surface area contributed by atoms with Gasteiger partial charge in [-0.1, -0.05) is 17.2 Å². The Morgan fingerprint density at radius 3 is 2.17 bits per heavy atom. The number of amides is 1. The number of carbonyl (C=O) groups is 1. The summed E-state index contributed by atoms with van der Waals surface area (Å²) >= 11 is 0. The molecule has 0 unspecified atom stereocenters. The van der Waals surface area contributed by atoms with Gasteiger partial charge in [-0.15, -0.1) is 0 Å². The van der Waals surface area contributed by atoms with E-state index in [1.807, 2.05) is 30.9 Å². The normalized spacial score (nSPS) is 20.9. The van der Waals surface area contributed by atoms with Crippen LogP contribution in [0.3, 0.4) is 0 Å². The molecule has 6 heteroatoms. The van der Waals surface area contributed by atoms with Gasteiger partial charge < -0.3 is 4.90 Å². The highest BCUT2D eigenvalue weighted by Gasteiger charge is 2.47. The minimum Gasteiger partial charge on any atom is -0.339 e. The molecule has 2 aliphatic rings. The van der Waals surface area contributed by atoms with Gasteiger partial charge in [0.25, 0.3) is 5.91 Å². The Morgan fingerprint density at radius 1 is 1.12 bits per heavy atom. The molecule has 5 nitrogen and oxygen atoms in total. The Balaban J connectivity index is 1.57. The van der Waals surface area contributed by atoms with Crippen LogP contribution in [0.25, 0.3) is 0 Å². The van der Waals surface area contributed by atoms with E-state index in [0.29, 0.717) is 0 Å². The van der Waals surface area contributed by atoms with Crippen LogP contribution in [-0.2, 0) is 10.0 Å². The molecule has 1 saturated heterocycles. The third-order valence-electron chi connectivity index (χ3n) is 5.32. The zero-order chi connectivity index (χ0) is 17.5. The lowest BCUT2D eigenvalue weighted by Crippen LogP contribution is -2.55. The summed E-state index contributed by atoms with van der Waals surface area (Å²) in [6.07, 6.45) is 4.93. The highest BCUT2D eigenvalue weighted by atomic mass is 32.2. The van der Waals surface area contributed by atoms with Crippen molar-refractivity contribution in [1.82, 2.24) is 9.62 Å². The molecule has 1 heterocycles. The summed E-state index contributed by atoms with van der Waals surface area (Å²) in [4.78, 5) is 14.6. The predicted molar refractivity (Wildman–Crippen MR) is 94.5 cm³/mol. The number of piperidine rings is 1. The van der Waals surface area contributed by atoms with Crippen molar-refractivity contribution in [2.45, 2.75) is 45.6 Å². The first-order chi connectivity index (χ1) is 11.2. The van der Waals surface area contributed by atoms with Crippen molar-refractivity contribution < 1.29 is 13.2 Å². The predicted octanol–water partition coefficient (Wildman–Crippen LogP) is 2.24. The van der Waals surface area contributed by atoms with Crippen LogP contribution in [0.4, 0.5) is 0 Å². The van der Waals surface area contributed by atoms with E-state index in [1.165, 1.54) is 6.26 Å². The third-order valence-corrected chi connectivity index (χ3v) is 6.08. The van der Waals surface area contributed by atoms with Crippen molar-refractivity contribution >= 4 is 15.9 Å². The molecule has 1 N–H and O–H groups in total. The summed E-state index contributed by atoms with van der Waals surface area (Å²) in [6, 6.07) is 6.05. The molecule has 132 valence electrons. The third kappa shape index (κ3) is 3.81. The zero-order valence-electron chi connectivity index (χ0n) is 14.6. The van der Waals surface area contributed by atoms with Crippen molar-refractivity contribution in [3.8, 4) is 0 Å². The monoisotopic (exact) mass is 350 g/mol. The van der Waals surface area contributed by atoms with Gasteiger partial charge in [-0.3, -0.25) is 4.79 Å². The van der Waals surface area contributed by atoms with Crippen LogP contribution in [0.1, 0.15) is 47.2 Å². The second kappa shape index (κ2) is 6.15. The van der Waals surface area contributed by atoms with E-state index in [0.717, 1.165) is 55.5 Å². The average molecular weight is 350 g/mol. The Hall–Kier alpha value is -1.40. The number of carbonyl (C=O) groups excluding carboxylic acids is 1. The molecule has 1 aliphatic carbocycles. The van der Waals surface area contributed by atoms with Crippen molar-refractivity contribution in [2.75, 3.05) is 19.3 Å². The number of rotatable bonds is 3. The lowest BCUT2D eigenvalue weighted by atomic mass is 9.60. The molecule has 1 spiro atoms. The maximum Gasteiger partial charge on any atom is 0.253 e. The van der Waals surface area contributed by atoms with Gasteiger partial charge in [0.1, 0.15) is 0 Å². The van der Waals surface area contributed by atoms with Crippen LogP contribution in [0, 0.1) is 19.3 Å². The summed E-state index contributed by atoms with van der Waals surface area (Å²) in [5.41, 5.74) is 3.22. The second-order valence-corrected chi connectivity index (χ2v) is 9.44. The topological polar surface area (TPSA) is 66.5 Å². The summed E-state index contributed by atoms with van der Waals surface area (Å²) < 4.78 is 25.3. The van der Waals surface area contributed by atoms with Gasteiger partial charge in [0.15, 0.2) is 0 Å². The van der Waals surface area contributed by atoms with Crippen LogP contribution in [0.2, 0.25) is 0 Å². The molecule has 1 aromatic rings. The molecule has 1 amide bonds. The Bertz CT molecular complexity index is 721. The minimum absolute atomic E-state index is 0.0710. The van der Waals surface area contributed by atoms with Crippen LogP contribution in [0.5, 0.6) is 0 Å². The van der Waals surface area contributed by atoms with Gasteiger partial charge in [0, 0.05) is 24.7 Å². The zero-order valence-corrected chi connectivity index (χ0v) is 15.4. The van der Waals surface area contributed by atoms with Crippen LogP contribution >= 0.6 is 0 Å². The lowest BCUT2D eigenvalue weighted by molar-refractivity contribution is 0.0138. The molecule has 3 rings (SSSR count). The minimum atomic E-state index is -3.12. The molecule has 1 aliphatic heterocycles. The molecule has 0 bridgehead atoms. The summed E-state index contributed by atoms with van der Waals surface area (Å²) in [6.45, 7) is 5.55. The van der Waals surface area contributed by atoms with Gasteiger partial charge in [-0.05, 0) is 57.1 Å². The van der Waals surface area contributed by atoms with Crippen LogP contribution in [0.15, 0.2) is 18.2 Å². The van der Waals surface area contributed by atoms with E-state index in [4.69, 9.17) is 0 Å². The number of hydrogen-bond donors (Lipinski definition) is 1. The molecule has 2 fully saturated rings. The standard InChI is InChI=1S/C18H26N2O3S/c1-13-8-14(2)10-15(9-13)17(21)20-6-4-18(5-7-20)11-16(12-18)19-24(3,22)23/h8-10,16,19H,4-7,11-12H2,1-3H3. The highest BCUT2D eigenvalue weighted by Crippen LogP contribution is 2.49. The second-order valence-electron chi connectivity index (χ2n) is 7.66. The van der Waals surface area contributed by atoms with E-state index >= 15 is 0 Å². The fourth-order valence-electron chi connectivity index (χ4n) is 4.24. The molecule has 0 aromatic heterocycles. The quantitative estimate of drug-likeness (QED) is 0.909. The summed E-state index contributed by atoms with van der Waals surface area (Å²) in [5, 5.41) is 0. The molecule has 1 aromatic carbocycles. The highest BCUT2D eigenvalue weighted by molar-refractivity contribution is 7.88. The van der Waals surface area contributed by atoms with E-state index < -0.39 is 10.0 Å². The smallest absolute Gasteiger partial charge is 0.253 e. The van der Waals surface area contributed by atoms with E-state index in [-0.39, 0.29) is 17.4 Å². The number of nitrogens with one attached hydrogen (secondary N) is 1. The number of nitrogens with zero attached hydrogens (tertiary/aromatic N) is 1. The van der Waals surface area contributed by atoms with Crippen molar-refractivity contribution in [3.05, 3.63) is 34.9 Å². The van der Waals surface area contributed by atoms with Crippen molar-refractivity contribution in [3.63, 3.8) is 0 Å². The van der Waals surface area contributed by atoms with Gasteiger partial charge in [0.2, 0.25) is 10.0 Å². The Kier molecular flexibility index (Phi) is 4.47. The SMILES string of the molecule is Cc1cc(C)cc(C(=O)N2CCC3(CC2)CC(NS(C)(=O)=O)C3)c1. The number of aryl methyl sites for hydroxylation is 2. The first-order valence-corrected chi connectivity index (χ1v) is 10.4. The molecule has 0 radical (unpaired) electrons. The summed E-state index contributed by atoms with van der Waals surface area (Å²) in [7, 11) is -3.12. The largest absolute Gasteiger partial charge is 0.339 e. The van der Waals surface area contributed by atoms with Crippen molar-refractivity contribution in [2.24, 2.45) is 5.41 Å². The first-order valence-electron chi connectivity index (χ1n) is 8.51. The lowest BCUT2D eigenvalue weighted by Gasteiger charge is -2.52. The van der Waals surface area contributed by atoms with Crippen LogP contribution < -0.4 is 4.72 Å². The fourth-order valence-corrected chi connectivity index (χ4v) is 5.02. The Labute approximate surface area is 144 Å². The van der Waals surface area contributed by atoms with Crippen molar-refractivity contribution in [1.29, 1.82) is 0 Å². The van der Waals surface area contributed by atoms with E-state index in [2.05, 4.69) is 10.8 Å². The molecular weight excluding hydrogens is 324 g/mol. The fraction of sp³-hybridized carbons (Fsp3) is 0.611. The average Bonchev–Trinajstić information content (AvgIpc) is 2.43. The Morgan fingerprint density at radius 2 is 1.67 bits per heavy atom. The number of sulfonamides is 1. The maximum atomic E-state index is 12.7. The molecule has 24 heavy (non-hydrogen) atoms. The van der Waals surface area contributed by atoms with Gasteiger partial charge in [-0.2, -0.15) is 0 Å². The van der Waals surface area contributed by atoms with Gasteiger partial charge in [-0.25, -0.2) is 13.1 Å². The summed E-state index contributed by atoms with van der Waals surface area (Å²) in [5.74, 6) is 0.113. The molecule has 0 atom stereocenters. The maximum absolute atomic E-state index is 12.7. The van der Waals surface area contributed by atoms with Crippen LogP contribution in [-0.4, -0.2) is 44.6 Å². The number of hydrogen-bond acceptors (Lipinski definition) is 3. The number of likely N-dealkylation sites (tertiary alicyclic amines) is 1. The number of benzene rings is 1. The molecule has 1 saturated carbocycles. The molecular formula is C18H26N2O3S. The van der Waals surface area contributed by atoms with Gasteiger partial charge in [0.05, 0.1) is 6.26 Å². The first kappa shape index (κ1) is 17.4. The van der Waals surface area contributed by atoms with Gasteiger partial charge >= 0.3 is 0 Å².